The minimum Gasteiger partial charge on any atom is -0.359 e. The molecule has 1 aromatic carbocycles. The predicted molar refractivity (Wildman–Crippen MR) is 70.5 cm³/mol. The molecule has 0 fully saturated rings. The van der Waals surface area contributed by atoms with Gasteiger partial charge in [-0.15, -0.1) is 0 Å². The quantitative estimate of drug-likeness (QED) is 0.209. The third kappa shape index (κ3) is 4.70. The maximum Gasteiger partial charge on any atom is 0.0264 e. The maximum absolute atomic E-state index is 8.27. The molecule has 0 saturated heterocycles. The second kappa shape index (κ2) is 8.61. The van der Waals surface area contributed by atoms with Gasteiger partial charge in [0.25, 0.3) is 0 Å². The van der Waals surface area contributed by atoms with E-state index in [1.807, 2.05) is 44.8 Å². The lowest BCUT2D eigenvalue weighted by atomic mass is 10.2. The van der Waals surface area contributed by atoms with E-state index in [2.05, 4.69) is 21.8 Å². The largest absolute Gasteiger partial charge is 0.359 e. The molecule has 0 saturated carbocycles. The highest BCUT2D eigenvalue weighted by atomic mass is 31.1. The van der Waals surface area contributed by atoms with Crippen LogP contribution in [0.5, 0.6) is 0 Å². The van der Waals surface area contributed by atoms with Gasteiger partial charge >= 0.3 is 0 Å². The van der Waals surface area contributed by atoms with Crippen molar-refractivity contribution in [3.63, 3.8) is 0 Å². The second-order valence-electron chi connectivity index (χ2n) is 2.52. The molecule has 0 aliphatic rings. The Kier molecular flexibility index (Phi) is 7.71. The van der Waals surface area contributed by atoms with Crippen molar-refractivity contribution in [3.05, 3.63) is 40.3 Å². The molecule has 5 heteroatoms. The fraction of sp³-hybridized carbons (Fsp3) is 0.273. The average molecular weight is 234 g/mol. The Bertz CT molecular complexity index is 410. The standard InChI is InChI=1S/C9H9N4P.C2H6/c1-14(13-12-11)9-4-2-8(3-5-9)6-7-10;1-2/h2-5H,10H2,1H3;1-2H3. The van der Waals surface area contributed by atoms with Crippen LogP contribution in [-0.2, 0) is 0 Å². The minimum absolute atomic E-state index is 0.769. The molecular weight excluding hydrogens is 219 g/mol. The van der Waals surface area contributed by atoms with Crippen molar-refractivity contribution in [1.82, 2.24) is 0 Å². The number of azide groups is 1. The molecule has 1 atom stereocenters. The fourth-order valence-electron chi connectivity index (χ4n) is 0.955. The molecule has 1 aromatic rings. The van der Waals surface area contributed by atoms with Crippen LogP contribution in [0.3, 0.4) is 0 Å². The zero-order valence-electron chi connectivity index (χ0n) is 9.68. The summed E-state index contributed by atoms with van der Waals surface area (Å²) in [6, 6.07) is 9.86. The second-order valence-corrected chi connectivity index (χ2v) is 4.26. The molecule has 1 unspecified atom stereocenters. The molecule has 0 heterocycles. The normalized spacial score (nSPS) is 9.69. The molecule has 0 aliphatic carbocycles. The van der Waals surface area contributed by atoms with Gasteiger partial charge in [-0.3, -0.25) is 0 Å². The molecule has 84 valence electrons. The summed E-state index contributed by atoms with van der Waals surface area (Å²) in [4.78, 5) is 6.43. The number of nitrogens with two attached hydrogens (primary N) is 1. The maximum atomic E-state index is 8.27. The summed E-state index contributed by atoms with van der Waals surface area (Å²) in [6.07, 6.45) is 0. The molecule has 0 aliphatic heterocycles. The Balaban J connectivity index is 0.00000106. The van der Waals surface area contributed by atoms with Crippen LogP contribution < -0.4 is 11.0 Å². The fourth-order valence-corrected chi connectivity index (χ4v) is 1.76. The third-order valence-electron chi connectivity index (χ3n) is 1.63. The van der Waals surface area contributed by atoms with Crippen LogP contribution in [0.15, 0.2) is 29.2 Å². The van der Waals surface area contributed by atoms with Gasteiger partial charge in [-0.25, -0.2) is 0 Å². The molecule has 0 aromatic heterocycles. The SMILES string of the molecule is CC.CP(N=[N+]=[N-])c1ccc(C#CN)cc1. The van der Waals surface area contributed by atoms with E-state index in [9.17, 15) is 0 Å². The first kappa shape index (κ1) is 14.3. The summed E-state index contributed by atoms with van der Waals surface area (Å²) < 4.78 is 0. The lowest BCUT2D eigenvalue weighted by molar-refractivity contribution is 1.50. The molecule has 0 radical (unpaired) electrons. The molecule has 0 spiro atoms. The Morgan fingerprint density at radius 2 is 1.88 bits per heavy atom. The number of rotatable bonds is 2. The average Bonchev–Trinajstić information content (AvgIpc) is 2.33. The van der Waals surface area contributed by atoms with Crippen LogP contribution in [0.4, 0.5) is 0 Å². The van der Waals surface area contributed by atoms with E-state index in [0.717, 1.165) is 10.9 Å². The number of benzene rings is 1. The van der Waals surface area contributed by atoms with Crippen molar-refractivity contribution in [1.29, 1.82) is 0 Å². The number of hydrogen-bond donors (Lipinski definition) is 1. The number of hydrogen-bond acceptors (Lipinski definition) is 2. The Hall–Kier alpha value is -1.68. The highest BCUT2D eigenvalue weighted by molar-refractivity contribution is 7.63. The molecule has 2 N–H and O–H groups in total. The Morgan fingerprint density at radius 1 is 1.31 bits per heavy atom. The van der Waals surface area contributed by atoms with E-state index in [1.165, 1.54) is 0 Å². The van der Waals surface area contributed by atoms with Gasteiger partial charge < -0.3 is 5.73 Å². The minimum atomic E-state index is -0.769. The van der Waals surface area contributed by atoms with E-state index >= 15 is 0 Å². The van der Waals surface area contributed by atoms with Crippen molar-refractivity contribution in [2.24, 2.45) is 10.6 Å². The highest BCUT2D eigenvalue weighted by Gasteiger charge is 2.00. The summed E-state index contributed by atoms with van der Waals surface area (Å²) in [5.74, 6) is 2.74. The monoisotopic (exact) mass is 234 g/mol. The van der Waals surface area contributed by atoms with Gasteiger partial charge in [0.2, 0.25) is 0 Å². The van der Waals surface area contributed by atoms with Gasteiger partial charge in [0.1, 0.15) is 0 Å². The first-order chi connectivity index (χ1) is 7.77. The Labute approximate surface area is 97.3 Å². The number of nitrogens with zero attached hydrogens (tertiary/aromatic N) is 3. The van der Waals surface area contributed by atoms with Gasteiger partial charge in [-0.2, -0.15) is 0 Å². The van der Waals surface area contributed by atoms with Crippen molar-refractivity contribution in [2.45, 2.75) is 13.8 Å². The molecular formula is C11H15N4P. The van der Waals surface area contributed by atoms with E-state index in [0.29, 0.717) is 0 Å². The van der Waals surface area contributed by atoms with Crippen molar-refractivity contribution < 1.29 is 0 Å². The lowest BCUT2D eigenvalue weighted by Gasteiger charge is -2.03. The smallest absolute Gasteiger partial charge is 0.0264 e. The summed E-state index contributed by atoms with van der Waals surface area (Å²) >= 11 is 0. The van der Waals surface area contributed by atoms with Crippen molar-refractivity contribution in [3.8, 4) is 12.0 Å². The molecule has 16 heavy (non-hydrogen) atoms. The first-order valence-corrected chi connectivity index (χ1v) is 6.62. The molecule has 0 bridgehead atoms. The molecule has 4 nitrogen and oxygen atoms in total. The first-order valence-electron chi connectivity index (χ1n) is 4.88. The van der Waals surface area contributed by atoms with Crippen LogP contribution in [0.1, 0.15) is 19.4 Å². The summed E-state index contributed by atoms with van der Waals surface area (Å²) in [5, 5.41) is 1.03. The van der Waals surface area contributed by atoms with Gasteiger partial charge in [0.05, 0.1) is 0 Å². The zero-order valence-corrected chi connectivity index (χ0v) is 10.6. The van der Waals surface area contributed by atoms with Crippen molar-refractivity contribution in [2.75, 3.05) is 6.66 Å². The van der Waals surface area contributed by atoms with Crippen LogP contribution in [0.25, 0.3) is 10.4 Å². The van der Waals surface area contributed by atoms with Crippen molar-refractivity contribution >= 4 is 13.4 Å². The van der Waals surface area contributed by atoms with Gasteiger partial charge in [-0.05, 0) is 35.6 Å². The van der Waals surface area contributed by atoms with Crippen LogP contribution >= 0.6 is 8.07 Å². The zero-order chi connectivity index (χ0) is 12.4. The summed E-state index contributed by atoms with van der Waals surface area (Å²) in [5.41, 5.74) is 14.2. The van der Waals surface area contributed by atoms with Gasteiger partial charge in [-0.1, -0.05) is 30.9 Å². The van der Waals surface area contributed by atoms with E-state index in [4.69, 9.17) is 11.3 Å². The Morgan fingerprint density at radius 3 is 2.31 bits per heavy atom. The van der Waals surface area contributed by atoms with Crippen LogP contribution in [-0.4, -0.2) is 6.66 Å². The third-order valence-corrected chi connectivity index (χ3v) is 3.03. The van der Waals surface area contributed by atoms with E-state index in [1.54, 1.807) is 0 Å². The predicted octanol–water partition coefficient (Wildman–Crippen LogP) is 2.94. The molecule has 0 amide bonds. The summed E-state index contributed by atoms with van der Waals surface area (Å²) in [7, 11) is -0.769. The lowest BCUT2D eigenvalue weighted by Crippen LogP contribution is -1.96. The van der Waals surface area contributed by atoms with Crippen LogP contribution in [0.2, 0.25) is 0 Å². The van der Waals surface area contributed by atoms with Crippen LogP contribution in [0, 0.1) is 12.0 Å². The van der Waals surface area contributed by atoms with Gasteiger partial charge in [0, 0.05) is 24.6 Å². The topological polar surface area (TPSA) is 74.8 Å². The van der Waals surface area contributed by atoms with E-state index < -0.39 is 8.07 Å². The summed E-state index contributed by atoms with van der Waals surface area (Å²) in [6.45, 7) is 5.90. The highest BCUT2D eigenvalue weighted by Crippen LogP contribution is 2.30. The van der Waals surface area contributed by atoms with E-state index in [-0.39, 0.29) is 0 Å². The van der Waals surface area contributed by atoms with Gasteiger partial charge in [0.15, 0.2) is 0 Å². The molecule has 1 rings (SSSR count).